The van der Waals surface area contributed by atoms with E-state index >= 15 is 0 Å². The van der Waals surface area contributed by atoms with Crippen LogP contribution in [-0.4, -0.2) is 30.7 Å². The van der Waals surface area contributed by atoms with Crippen LogP contribution in [0.15, 0.2) is 24.4 Å². The molecule has 0 spiro atoms. The first-order valence-electron chi connectivity index (χ1n) is 5.09. The molecule has 0 saturated heterocycles. The molecule has 2 N–H and O–H groups in total. The van der Waals surface area contributed by atoms with Crippen molar-refractivity contribution in [1.82, 2.24) is 4.98 Å². The van der Waals surface area contributed by atoms with Gasteiger partial charge in [0.2, 0.25) is 10.0 Å². The molecule has 0 aliphatic rings. The third-order valence-corrected chi connectivity index (χ3v) is 5.09. The largest absolute Gasteiger partial charge is 0.392 e. The number of sulfonamides is 1. The summed E-state index contributed by atoms with van der Waals surface area (Å²) in [4.78, 5) is 3.97. The summed E-state index contributed by atoms with van der Waals surface area (Å²) in [5.74, 6) is 0.349. The number of hydrogen-bond acceptors (Lipinski definition) is 4. The highest BCUT2D eigenvalue weighted by Gasteiger charge is 2.31. The third-order valence-electron chi connectivity index (χ3n) is 2.40. The predicted octanol–water partition coefficient (Wildman–Crippen LogP) is 0.912. The molecule has 94 valence electrons. The van der Waals surface area contributed by atoms with Gasteiger partial charge in [0, 0.05) is 13.2 Å². The van der Waals surface area contributed by atoms with Crippen molar-refractivity contribution in [1.29, 1.82) is 0 Å². The Labute approximate surface area is 107 Å². The number of nitrogens with zero attached hydrogens (tertiary/aromatic N) is 2. The lowest BCUT2D eigenvalue weighted by Gasteiger charge is -2.23. The van der Waals surface area contributed by atoms with Gasteiger partial charge in [0.25, 0.3) is 0 Å². The number of nitrogens with two attached hydrogens (primary N) is 1. The normalized spacial score (nSPS) is 13.1. The maximum absolute atomic E-state index is 12.2. The molecule has 0 aliphatic heterocycles. The van der Waals surface area contributed by atoms with Crippen LogP contribution < -0.4 is 10.0 Å². The molecule has 0 radical (unpaired) electrons. The molecule has 0 fully saturated rings. The molecule has 0 bridgehead atoms. The summed E-state index contributed by atoms with van der Waals surface area (Å²) in [5.41, 5.74) is 5.45. The van der Waals surface area contributed by atoms with Crippen molar-refractivity contribution < 1.29 is 8.42 Å². The minimum Gasteiger partial charge on any atom is -0.392 e. The quantitative estimate of drug-likeness (QED) is 0.807. The monoisotopic (exact) mass is 273 g/mol. The number of anilines is 1. The van der Waals surface area contributed by atoms with Crippen LogP contribution in [0.1, 0.15) is 13.3 Å². The molecule has 0 saturated carbocycles. The van der Waals surface area contributed by atoms with Gasteiger partial charge in [-0.05, 0) is 18.6 Å². The van der Waals surface area contributed by atoms with E-state index < -0.39 is 15.3 Å². The van der Waals surface area contributed by atoms with Crippen LogP contribution in [0.4, 0.5) is 5.82 Å². The van der Waals surface area contributed by atoms with Crippen LogP contribution in [0, 0.1) is 0 Å². The molecule has 0 amide bonds. The predicted molar refractivity (Wildman–Crippen MR) is 72.4 cm³/mol. The average molecular weight is 273 g/mol. The molecule has 1 atom stereocenters. The summed E-state index contributed by atoms with van der Waals surface area (Å²) >= 11 is 4.78. The fraction of sp³-hybridized carbons (Fsp3) is 0.400. The van der Waals surface area contributed by atoms with Gasteiger partial charge < -0.3 is 5.73 Å². The van der Waals surface area contributed by atoms with Crippen LogP contribution >= 0.6 is 12.2 Å². The van der Waals surface area contributed by atoms with Crippen LogP contribution in [0.3, 0.4) is 0 Å². The highest BCUT2D eigenvalue weighted by atomic mass is 32.2. The Morgan fingerprint density at radius 2 is 2.24 bits per heavy atom. The van der Waals surface area contributed by atoms with Crippen molar-refractivity contribution in [2.45, 2.75) is 18.6 Å². The van der Waals surface area contributed by atoms with Crippen molar-refractivity contribution in [3.05, 3.63) is 24.4 Å². The Balaban J connectivity index is 3.11. The molecule has 17 heavy (non-hydrogen) atoms. The second kappa shape index (κ2) is 5.42. The van der Waals surface area contributed by atoms with E-state index in [1.165, 1.54) is 13.2 Å². The number of hydrogen-bond donors (Lipinski definition) is 1. The molecular weight excluding hydrogens is 258 g/mol. The van der Waals surface area contributed by atoms with Gasteiger partial charge in [-0.1, -0.05) is 25.2 Å². The van der Waals surface area contributed by atoms with Crippen LogP contribution in [0.5, 0.6) is 0 Å². The lowest BCUT2D eigenvalue weighted by atomic mass is 10.3. The van der Waals surface area contributed by atoms with Gasteiger partial charge >= 0.3 is 0 Å². The number of rotatable bonds is 5. The summed E-state index contributed by atoms with van der Waals surface area (Å²) in [6, 6.07) is 5.05. The molecule has 1 unspecified atom stereocenters. The standard InChI is InChI=1S/C10H15N3O2S2/c1-3-8(10(11)16)17(14,15)13(2)9-6-4-5-7-12-9/h4-8H,3H2,1-2H3,(H2,11,16). The fourth-order valence-electron chi connectivity index (χ4n) is 1.42. The molecule has 5 nitrogen and oxygen atoms in total. The maximum Gasteiger partial charge on any atom is 0.245 e. The van der Waals surface area contributed by atoms with Gasteiger partial charge in [-0.25, -0.2) is 13.4 Å². The Morgan fingerprint density at radius 1 is 1.59 bits per heavy atom. The van der Waals surface area contributed by atoms with E-state index in [0.29, 0.717) is 12.2 Å². The van der Waals surface area contributed by atoms with Gasteiger partial charge in [0.15, 0.2) is 0 Å². The smallest absolute Gasteiger partial charge is 0.245 e. The van der Waals surface area contributed by atoms with Gasteiger partial charge in [-0.15, -0.1) is 0 Å². The number of pyridine rings is 1. The maximum atomic E-state index is 12.2. The van der Waals surface area contributed by atoms with Crippen molar-refractivity contribution >= 4 is 33.0 Å². The van der Waals surface area contributed by atoms with Crippen LogP contribution in [-0.2, 0) is 10.0 Å². The van der Waals surface area contributed by atoms with Gasteiger partial charge in [0.1, 0.15) is 11.1 Å². The Bertz CT molecular complexity index is 488. The Kier molecular flexibility index (Phi) is 4.41. The molecule has 1 aromatic rings. The van der Waals surface area contributed by atoms with Crippen molar-refractivity contribution in [2.75, 3.05) is 11.4 Å². The minimum atomic E-state index is -3.60. The summed E-state index contributed by atoms with van der Waals surface area (Å²) in [5, 5.41) is -0.857. The first kappa shape index (κ1) is 13.9. The molecule has 1 aromatic heterocycles. The fourth-order valence-corrected chi connectivity index (χ4v) is 3.42. The lowest BCUT2D eigenvalue weighted by Crippen LogP contribution is -2.43. The minimum absolute atomic E-state index is 0.0183. The molecular formula is C10H15N3O2S2. The zero-order chi connectivity index (χ0) is 13.1. The summed E-state index contributed by atoms with van der Waals surface area (Å²) in [6.07, 6.45) is 1.87. The zero-order valence-corrected chi connectivity index (χ0v) is 11.3. The van der Waals surface area contributed by atoms with E-state index in [0.717, 1.165) is 4.31 Å². The third kappa shape index (κ3) is 2.92. The van der Waals surface area contributed by atoms with Gasteiger partial charge in [0.05, 0.1) is 4.99 Å². The molecule has 1 rings (SSSR count). The number of thiocarbonyl (C=S) groups is 1. The summed E-state index contributed by atoms with van der Waals surface area (Å²) in [7, 11) is -2.16. The van der Waals surface area contributed by atoms with Gasteiger partial charge in [-0.2, -0.15) is 0 Å². The van der Waals surface area contributed by atoms with E-state index in [1.807, 2.05) is 0 Å². The second-order valence-electron chi connectivity index (χ2n) is 3.50. The molecule has 0 aromatic carbocycles. The summed E-state index contributed by atoms with van der Waals surface area (Å²) in [6.45, 7) is 1.73. The lowest BCUT2D eigenvalue weighted by molar-refractivity contribution is 0.587. The first-order valence-corrected chi connectivity index (χ1v) is 7.00. The Morgan fingerprint density at radius 3 is 2.65 bits per heavy atom. The summed E-state index contributed by atoms with van der Waals surface area (Å²) < 4.78 is 25.6. The number of aromatic nitrogens is 1. The van der Waals surface area contributed by atoms with E-state index in [9.17, 15) is 8.42 Å². The highest BCUT2D eigenvalue weighted by Crippen LogP contribution is 2.17. The second-order valence-corrected chi connectivity index (χ2v) is 6.12. The topological polar surface area (TPSA) is 76.3 Å². The first-order chi connectivity index (χ1) is 7.91. The zero-order valence-electron chi connectivity index (χ0n) is 9.70. The molecule has 7 heteroatoms. The molecule has 0 aliphatic carbocycles. The van der Waals surface area contributed by atoms with Crippen molar-refractivity contribution in [3.8, 4) is 0 Å². The van der Waals surface area contributed by atoms with Gasteiger partial charge in [-0.3, -0.25) is 4.31 Å². The Hall–Kier alpha value is -1.21. The van der Waals surface area contributed by atoms with E-state index in [4.69, 9.17) is 18.0 Å². The SMILES string of the molecule is CCC(C(N)=S)S(=O)(=O)N(C)c1ccccn1. The highest BCUT2D eigenvalue weighted by molar-refractivity contribution is 7.95. The van der Waals surface area contributed by atoms with Crippen molar-refractivity contribution in [2.24, 2.45) is 5.73 Å². The average Bonchev–Trinajstić information content (AvgIpc) is 2.29. The van der Waals surface area contributed by atoms with E-state index in [-0.39, 0.29) is 4.99 Å². The van der Waals surface area contributed by atoms with Crippen LogP contribution in [0.2, 0.25) is 0 Å². The molecule has 1 heterocycles. The van der Waals surface area contributed by atoms with Crippen molar-refractivity contribution in [3.63, 3.8) is 0 Å². The van der Waals surface area contributed by atoms with E-state index in [1.54, 1.807) is 25.1 Å². The van der Waals surface area contributed by atoms with Crippen LogP contribution in [0.25, 0.3) is 0 Å². The van der Waals surface area contributed by atoms with E-state index in [2.05, 4.69) is 4.98 Å².